The Morgan fingerprint density at radius 2 is 0.769 bits per heavy atom. The summed E-state index contributed by atoms with van der Waals surface area (Å²) < 4.78 is 11.8. The first kappa shape index (κ1) is 37.5. The second-order valence-corrected chi connectivity index (χ2v) is 11.4. The van der Waals surface area contributed by atoms with Crippen LogP contribution in [0.4, 0.5) is 22.7 Å². The summed E-state index contributed by atoms with van der Waals surface area (Å²) in [4.78, 5) is 2.45. The molecule has 2 aromatic heterocycles. The summed E-state index contributed by atoms with van der Waals surface area (Å²) in [5.74, 6) is 0. The fourth-order valence-corrected chi connectivity index (χ4v) is 6.93. The largest absolute Gasteiger partial charge is 0.445 e. The monoisotopic (exact) mass is 691 g/mol. The van der Waals surface area contributed by atoms with E-state index in [1.165, 1.54) is 45.5 Å². The van der Waals surface area contributed by atoms with Crippen molar-refractivity contribution in [3.05, 3.63) is 168 Å². The maximum absolute atomic E-state index is 2.45. The topological polar surface area (TPSA) is 22.1 Å². The molecule has 0 bridgehead atoms. The lowest BCUT2D eigenvalue weighted by Crippen LogP contribution is -2.29. The van der Waals surface area contributed by atoms with Crippen molar-refractivity contribution < 1.29 is 13.7 Å². The minimum Gasteiger partial charge on any atom is -0.290 e. The summed E-state index contributed by atoms with van der Waals surface area (Å²) in [6, 6.07) is 51.2. The molecule has 0 radical (unpaired) electrons. The van der Waals surface area contributed by atoms with E-state index < -0.39 is 0 Å². The van der Waals surface area contributed by atoms with Gasteiger partial charge in [-0.15, -0.1) is 9.15 Å². The Bertz CT molecular complexity index is 2010. The number of hydrogen-bond acceptors (Lipinski definition) is 1. The van der Waals surface area contributed by atoms with Crippen LogP contribution in [0, 0.1) is 0 Å². The molecule has 4 aliphatic heterocycles. The highest BCUT2D eigenvalue weighted by Gasteiger charge is 2.48. The van der Waals surface area contributed by atoms with Crippen molar-refractivity contribution in [1.29, 1.82) is 0 Å². The second kappa shape index (κ2) is 18.0. The summed E-state index contributed by atoms with van der Waals surface area (Å²) in [5.41, 5.74) is 10.1. The van der Waals surface area contributed by atoms with Gasteiger partial charge in [-0.25, -0.2) is 4.57 Å². The molecular formula is C46H55N6+3. The summed E-state index contributed by atoms with van der Waals surface area (Å²) in [5, 5.41) is 0. The van der Waals surface area contributed by atoms with E-state index in [4.69, 9.17) is 0 Å². The van der Waals surface area contributed by atoms with Crippen molar-refractivity contribution in [1.82, 2.24) is 9.13 Å². The van der Waals surface area contributed by atoms with Gasteiger partial charge >= 0.3 is 12.6 Å². The number of rotatable bonds is 4. The first-order valence-corrected chi connectivity index (χ1v) is 19.1. The minimum absolute atomic E-state index is 0.143. The molecule has 10 rings (SSSR count). The number of benzene rings is 4. The Morgan fingerprint density at radius 3 is 1.23 bits per heavy atom. The van der Waals surface area contributed by atoms with E-state index in [9.17, 15) is 0 Å². The normalized spacial score (nSPS) is 14.9. The first-order chi connectivity index (χ1) is 25.8. The molecule has 0 fully saturated rings. The van der Waals surface area contributed by atoms with Crippen LogP contribution in [-0.2, 0) is 6.54 Å². The van der Waals surface area contributed by atoms with E-state index in [1.807, 2.05) is 55.4 Å². The molecular weight excluding hydrogens is 637 g/mol. The third-order valence-electron chi connectivity index (χ3n) is 8.90. The van der Waals surface area contributed by atoms with Gasteiger partial charge in [-0.05, 0) is 36.4 Å². The van der Waals surface area contributed by atoms with Crippen LogP contribution in [0.25, 0.3) is 0 Å². The molecule has 1 atom stereocenters. The van der Waals surface area contributed by atoms with Crippen molar-refractivity contribution in [3.63, 3.8) is 0 Å². The van der Waals surface area contributed by atoms with Crippen LogP contribution in [0.15, 0.2) is 146 Å². The van der Waals surface area contributed by atoms with Crippen LogP contribution >= 0.6 is 0 Å². The zero-order valence-corrected chi connectivity index (χ0v) is 32.1. The van der Waals surface area contributed by atoms with Crippen LogP contribution in [-0.4, -0.2) is 41.5 Å². The average Bonchev–Trinajstić information content (AvgIpc) is 4.09. The van der Waals surface area contributed by atoms with Gasteiger partial charge in [-0.2, -0.15) is 4.58 Å². The molecule has 0 N–H and O–H groups in total. The Hall–Kier alpha value is -5.75. The zero-order valence-electron chi connectivity index (χ0n) is 32.1. The lowest BCUT2D eigenvalue weighted by atomic mass is 10.3. The van der Waals surface area contributed by atoms with Gasteiger partial charge < -0.3 is 0 Å². The molecule has 6 heteroatoms. The molecule has 266 valence electrons. The predicted octanol–water partition coefficient (Wildman–Crippen LogP) is 11.3. The molecule has 0 spiro atoms. The fourth-order valence-electron chi connectivity index (χ4n) is 6.93. The van der Waals surface area contributed by atoms with E-state index >= 15 is 0 Å². The van der Waals surface area contributed by atoms with E-state index in [0.717, 1.165) is 6.54 Å². The van der Waals surface area contributed by atoms with Gasteiger partial charge in [0, 0.05) is 47.8 Å². The van der Waals surface area contributed by atoms with Crippen LogP contribution in [0.3, 0.4) is 0 Å². The van der Waals surface area contributed by atoms with E-state index in [1.54, 1.807) is 0 Å². The van der Waals surface area contributed by atoms with Gasteiger partial charge in [0.1, 0.15) is 17.1 Å². The predicted molar refractivity (Wildman–Crippen MR) is 220 cm³/mol. The lowest BCUT2D eigenvalue weighted by molar-refractivity contribution is -0.726. The fraction of sp³-hybridized carbons (Fsp3) is 0.239. The first-order valence-electron chi connectivity index (χ1n) is 19.1. The third-order valence-corrected chi connectivity index (χ3v) is 8.90. The van der Waals surface area contributed by atoms with Crippen molar-refractivity contribution in [3.8, 4) is 0 Å². The lowest BCUT2D eigenvalue weighted by Gasteiger charge is -2.22. The van der Waals surface area contributed by atoms with E-state index in [2.05, 4.69) is 192 Å². The highest BCUT2D eigenvalue weighted by atomic mass is 15.5. The van der Waals surface area contributed by atoms with Crippen LogP contribution in [0.5, 0.6) is 0 Å². The molecule has 1 unspecified atom stereocenters. The molecule has 0 saturated heterocycles. The van der Waals surface area contributed by atoms with E-state index in [-0.39, 0.29) is 12.6 Å². The standard InChI is InChI=1S/C19H16N3.C19H15N3.4C2H6/c2*1-3-7-15(8-4-1)20-13-17-11-12-18-14-21(19(20)22(17)18)16-9-5-2-6-10-16;4*1-2/h1-13,19H,14H2;1-14,19H;4*1-2H3/q+1;+2;;;;. The highest BCUT2D eigenvalue weighted by molar-refractivity contribution is 5.84. The van der Waals surface area contributed by atoms with E-state index in [0.29, 0.717) is 0 Å². The SMILES string of the molecule is C1=[N+](c2ccccc2)C2N(c3ccccc3)Cc3ccc1n32.C1=[N+](c2ccccc2)C2n3c1ccc3C=[N+]2c1ccccc1.CC.CC.CC.CC. The van der Waals surface area contributed by atoms with Crippen LogP contribution in [0.1, 0.15) is 90.7 Å². The molecule has 0 aliphatic carbocycles. The van der Waals surface area contributed by atoms with Crippen LogP contribution < -0.4 is 4.90 Å². The number of anilines is 1. The maximum atomic E-state index is 2.45. The molecule has 0 saturated carbocycles. The summed E-state index contributed by atoms with van der Waals surface area (Å²) in [7, 11) is 0. The highest BCUT2D eigenvalue weighted by Crippen LogP contribution is 2.40. The van der Waals surface area contributed by atoms with Gasteiger partial charge in [0.15, 0.2) is 6.21 Å². The van der Waals surface area contributed by atoms with Gasteiger partial charge in [-0.1, -0.05) is 128 Å². The quantitative estimate of drug-likeness (QED) is 0.169. The van der Waals surface area contributed by atoms with Gasteiger partial charge in [-0.3, -0.25) is 9.47 Å². The Balaban J connectivity index is 0.000000169. The molecule has 4 aliphatic rings. The molecule has 0 amide bonds. The number of para-hydroxylation sites is 4. The van der Waals surface area contributed by atoms with Crippen molar-refractivity contribution in [2.45, 2.75) is 74.5 Å². The zero-order chi connectivity index (χ0) is 37.0. The molecule has 6 aromatic rings. The van der Waals surface area contributed by atoms with Crippen molar-refractivity contribution in [2.75, 3.05) is 4.90 Å². The average molecular weight is 692 g/mol. The summed E-state index contributed by atoms with van der Waals surface area (Å²) in [6.45, 7) is 17.0. The minimum atomic E-state index is 0.143. The number of hydrogen-bond donors (Lipinski definition) is 0. The Labute approximate surface area is 311 Å². The second-order valence-electron chi connectivity index (χ2n) is 11.4. The van der Waals surface area contributed by atoms with Gasteiger partial charge in [0.2, 0.25) is 29.5 Å². The summed E-state index contributed by atoms with van der Waals surface area (Å²) >= 11 is 0. The van der Waals surface area contributed by atoms with Gasteiger partial charge in [0.05, 0.1) is 6.54 Å². The van der Waals surface area contributed by atoms with Crippen LogP contribution in [0.2, 0.25) is 0 Å². The molecule has 52 heavy (non-hydrogen) atoms. The number of nitrogens with zero attached hydrogens (tertiary/aromatic N) is 6. The molecule has 6 heterocycles. The van der Waals surface area contributed by atoms with Crippen molar-refractivity contribution in [2.24, 2.45) is 0 Å². The maximum Gasteiger partial charge on any atom is 0.445 e. The Morgan fingerprint density at radius 1 is 0.404 bits per heavy atom. The van der Waals surface area contributed by atoms with Gasteiger partial charge in [0.25, 0.3) is 0 Å². The third kappa shape index (κ3) is 7.06. The molecule has 4 aromatic carbocycles. The number of aromatic nitrogens is 2. The Kier molecular flexibility index (Phi) is 12.9. The van der Waals surface area contributed by atoms with Crippen molar-refractivity contribution >= 4 is 41.4 Å². The smallest absolute Gasteiger partial charge is 0.290 e. The summed E-state index contributed by atoms with van der Waals surface area (Å²) in [6.07, 6.45) is 7.05. The molecule has 6 nitrogen and oxygen atoms in total.